The highest BCUT2D eigenvalue weighted by molar-refractivity contribution is 5.92. The number of halogens is 3. The molecule has 0 saturated heterocycles. The van der Waals surface area contributed by atoms with Crippen LogP contribution in [-0.4, -0.2) is 11.3 Å². The largest absolute Gasteiger partial charge is 0.573 e. The van der Waals surface area contributed by atoms with E-state index in [9.17, 15) is 13.2 Å². The molecule has 0 atom stereocenters. The van der Waals surface area contributed by atoms with Gasteiger partial charge in [-0.2, -0.15) is 0 Å². The van der Waals surface area contributed by atoms with Crippen molar-refractivity contribution in [2.24, 2.45) is 0 Å². The van der Waals surface area contributed by atoms with Crippen molar-refractivity contribution in [3.63, 3.8) is 0 Å². The number of ether oxygens (including phenoxy) is 1. The fourth-order valence-corrected chi connectivity index (χ4v) is 2.77. The number of alkyl halides is 3. The summed E-state index contributed by atoms with van der Waals surface area (Å²) in [4.78, 5) is 4.29. The zero-order chi connectivity index (χ0) is 18.1. The molecule has 4 aromatic rings. The van der Waals surface area contributed by atoms with Gasteiger partial charge in [0.1, 0.15) is 17.0 Å². The first-order chi connectivity index (χ1) is 12.5. The van der Waals surface area contributed by atoms with Gasteiger partial charge in [0.05, 0.1) is 0 Å². The Labute approximate surface area is 146 Å². The summed E-state index contributed by atoms with van der Waals surface area (Å²) in [7, 11) is 0. The third-order valence-corrected chi connectivity index (χ3v) is 3.85. The average Bonchev–Trinajstić information content (AvgIpc) is 3.05. The van der Waals surface area contributed by atoms with Crippen LogP contribution in [0.15, 0.2) is 77.3 Å². The Bertz CT molecular complexity index is 1060. The second-order valence-corrected chi connectivity index (χ2v) is 5.63. The summed E-state index contributed by atoms with van der Waals surface area (Å²) >= 11 is 0. The van der Waals surface area contributed by atoms with Gasteiger partial charge in [-0.3, -0.25) is 4.98 Å². The monoisotopic (exact) mass is 355 g/mol. The van der Waals surface area contributed by atoms with Crippen LogP contribution in [0.25, 0.3) is 33.6 Å². The molecular weight excluding hydrogens is 343 g/mol. The van der Waals surface area contributed by atoms with Crippen LogP contribution in [-0.2, 0) is 0 Å². The van der Waals surface area contributed by atoms with Crippen LogP contribution in [0, 0.1) is 0 Å². The molecule has 0 radical (unpaired) electrons. The number of aromatic nitrogens is 1. The number of benzene rings is 2. The molecule has 2 heterocycles. The summed E-state index contributed by atoms with van der Waals surface area (Å²) in [6, 6.07) is 18.9. The summed E-state index contributed by atoms with van der Waals surface area (Å²) in [6.45, 7) is 0. The van der Waals surface area contributed by atoms with Crippen LogP contribution in [0.1, 0.15) is 0 Å². The Morgan fingerprint density at radius 2 is 1.62 bits per heavy atom. The van der Waals surface area contributed by atoms with E-state index in [0.717, 1.165) is 11.1 Å². The summed E-state index contributed by atoms with van der Waals surface area (Å²) in [5.74, 6) is 0.121. The zero-order valence-electron chi connectivity index (χ0n) is 13.3. The molecule has 2 aromatic heterocycles. The van der Waals surface area contributed by atoms with E-state index in [1.54, 1.807) is 18.3 Å². The summed E-state index contributed by atoms with van der Waals surface area (Å²) in [5.41, 5.74) is 3.52. The molecule has 0 spiro atoms. The van der Waals surface area contributed by atoms with Crippen molar-refractivity contribution in [2.75, 3.05) is 0 Å². The third-order valence-electron chi connectivity index (χ3n) is 3.85. The molecule has 0 saturated carbocycles. The maximum Gasteiger partial charge on any atom is 0.573 e. The summed E-state index contributed by atoms with van der Waals surface area (Å²) < 4.78 is 47.2. The first-order valence-corrected chi connectivity index (χ1v) is 7.80. The Morgan fingerprint density at radius 1 is 0.846 bits per heavy atom. The van der Waals surface area contributed by atoms with E-state index in [4.69, 9.17) is 4.42 Å². The molecule has 0 fully saturated rings. The molecule has 0 unspecified atom stereocenters. The molecule has 0 amide bonds. The lowest BCUT2D eigenvalue weighted by Crippen LogP contribution is -2.17. The highest BCUT2D eigenvalue weighted by Crippen LogP contribution is 2.35. The molecule has 0 aliphatic rings. The fraction of sp³-hybridized carbons (Fsp3) is 0.0500. The topological polar surface area (TPSA) is 35.3 Å². The van der Waals surface area contributed by atoms with E-state index in [2.05, 4.69) is 9.72 Å². The molecule has 4 rings (SSSR count). The number of fused-ring (bicyclic) bond motifs is 1. The Hall–Kier alpha value is -3.28. The smallest absolute Gasteiger partial charge is 0.454 e. The van der Waals surface area contributed by atoms with Crippen molar-refractivity contribution in [3.8, 4) is 28.2 Å². The molecule has 3 nitrogen and oxygen atoms in total. The predicted octanol–water partition coefficient (Wildman–Crippen LogP) is 6.06. The maximum absolute atomic E-state index is 12.4. The van der Waals surface area contributed by atoms with Gasteiger partial charge in [-0.1, -0.05) is 42.5 Å². The van der Waals surface area contributed by atoms with Crippen molar-refractivity contribution in [2.45, 2.75) is 6.36 Å². The lowest BCUT2D eigenvalue weighted by molar-refractivity contribution is -0.274. The van der Waals surface area contributed by atoms with E-state index < -0.39 is 6.36 Å². The molecule has 0 N–H and O–H groups in total. The van der Waals surface area contributed by atoms with Crippen LogP contribution >= 0.6 is 0 Å². The van der Waals surface area contributed by atoms with Gasteiger partial charge in [0.15, 0.2) is 5.58 Å². The number of nitrogens with zero attached hydrogens (tertiary/aromatic N) is 1. The molecule has 130 valence electrons. The van der Waals surface area contributed by atoms with E-state index in [-0.39, 0.29) is 5.75 Å². The maximum atomic E-state index is 12.4. The van der Waals surface area contributed by atoms with Crippen molar-refractivity contribution < 1.29 is 22.3 Å². The van der Waals surface area contributed by atoms with Gasteiger partial charge in [-0.25, -0.2) is 0 Å². The Kier molecular flexibility index (Phi) is 3.88. The second-order valence-electron chi connectivity index (χ2n) is 5.63. The van der Waals surface area contributed by atoms with Gasteiger partial charge in [0.2, 0.25) is 0 Å². The van der Waals surface area contributed by atoms with Crippen LogP contribution in [0.3, 0.4) is 0 Å². The number of furan rings is 1. The Morgan fingerprint density at radius 3 is 2.38 bits per heavy atom. The number of hydrogen-bond acceptors (Lipinski definition) is 3. The highest BCUT2D eigenvalue weighted by Gasteiger charge is 2.31. The van der Waals surface area contributed by atoms with Gasteiger partial charge in [0.25, 0.3) is 0 Å². The summed E-state index contributed by atoms with van der Waals surface area (Å²) in [6.07, 6.45) is -3.07. The minimum absolute atomic E-state index is 0.299. The van der Waals surface area contributed by atoms with Gasteiger partial charge < -0.3 is 9.15 Å². The molecular formula is C20H12F3NO2. The summed E-state index contributed by atoms with van der Waals surface area (Å²) in [5, 5.41) is 0. The molecule has 0 aliphatic carbocycles. The molecule has 2 aromatic carbocycles. The number of rotatable bonds is 3. The van der Waals surface area contributed by atoms with E-state index in [1.807, 2.05) is 36.4 Å². The van der Waals surface area contributed by atoms with Crippen LogP contribution in [0.5, 0.6) is 5.75 Å². The van der Waals surface area contributed by atoms with Crippen molar-refractivity contribution in [3.05, 3.63) is 72.9 Å². The Balaban J connectivity index is 1.78. The van der Waals surface area contributed by atoms with Crippen molar-refractivity contribution in [1.29, 1.82) is 0 Å². The molecule has 26 heavy (non-hydrogen) atoms. The normalized spacial score (nSPS) is 11.7. The van der Waals surface area contributed by atoms with Gasteiger partial charge in [-0.15, -0.1) is 13.2 Å². The van der Waals surface area contributed by atoms with E-state index >= 15 is 0 Å². The zero-order valence-corrected chi connectivity index (χ0v) is 13.3. The highest BCUT2D eigenvalue weighted by atomic mass is 19.4. The SMILES string of the molecule is FC(F)(F)Oc1cccc(-c2cc3nccc(-c4ccccc4)c3o2)c1. The number of hydrogen-bond donors (Lipinski definition) is 0. The van der Waals surface area contributed by atoms with Gasteiger partial charge in [-0.05, 0) is 23.8 Å². The fourth-order valence-electron chi connectivity index (χ4n) is 2.77. The predicted molar refractivity (Wildman–Crippen MR) is 91.6 cm³/mol. The first-order valence-electron chi connectivity index (χ1n) is 7.80. The van der Waals surface area contributed by atoms with Crippen molar-refractivity contribution >= 4 is 11.1 Å². The minimum atomic E-state index is -4.74. The van der Waals surface area contributed by atoms with Gasteiger partial charge in [0, 0.05) is 23.4 Å². The van der Waals surface area contributed by atoms with Crippen LogP contribution in [0.2, 0.25) is 0 Å². The van der Waals surface area contributed by atoms with Crippen molar-refractivity contribution in [1.82, 2.24) is 4.98 Å². The van der Waals surface area contributed by atoms with Crippen LogP contribution in [0.4, 0.5) is 13.2 Å². The quantitative estimate of drug-likeness (QED) is 0.448. The second kappa shape index (κ2) is 6.22. The third kappa shape index (κ3) is 3.26. The van der Waals surface area contributed by atoms with Crippen LogP contribution < -0.4 is 4.74 Å². The standard InChI is InChI=1S/C20H12F3NO2/c21-20(22,23)26-15-8-4-7-14(11-15)18-12-17-19(25-18)16(9-10-24-17)13-5-2-1-3-6-13/h1-12H. The lowest BCUT2D eigenvalue weighted by atomic mass is 10.1. The molecule has 0 bridgehead atoms. The average molecular weight is 355 g/mol. The van der Waals surface area contributed by atoms with E-state index in [1.165, 1.54) is 18.2 Å². The molecule has 6 heteroatoms. The van der Waals surface area contributed by atoms with Gasteiger partial charge >= 0.3 is 6.36 Å². The van der Waals surface area contributed by atoms with E-state index in [0.29, 0.717) is 22.4 Å². The number of pyridine rings is 1. The first kappa shape index (κ1) is 16.2. The lowest BCUT2D eigenvalue weighted by Gasteiger charge is -2.09. The minimum Gasteiger partial charge on any atom is -0.454 e. The molecule has 0 aliphatic heterocycles.